The topological polar surface area (TPSA) is 29.5 Å². The van der Waals surface area contributed by atoms with E-state index in [9.17, 15) is 9.18 Å². The molecule has 4 heteroatoms. The first-order valence-corrected chi connectivity index (χ1v) is 4.39. The van der Waals surface area contributed by atoms with Gasteiger partial charge in [0.25, 0.3) is 6.36 Å². The average molecular weight is 195 g/mol. The quantitative estimate of drug-likeness (QED) is 0.721. The molecule has 2 rings (SSSR count). The average Bonchev–Trinajstić information content (AvgIpc) is 2.47. The molecule has 1 amide bonds. The summed E-state index contributed by atoms with van der Waals surface area (Å²) >= 11 is 0. The maximum Gasteiger partial charge on any atom is 0.412 e. The van der Waals surface area contributed by atoms with Gasteiger partial charge in [-0.2, -0.15) is 4.39 Å². The van der Waals surface area contributed by atoms with E-state index < -0.39 is 12.5 Å². The van der Waals surface area contributed by atoms with Gasteiger partial charge in [0.1, 0.15) is 0 Å². The summed E-state index contributed by atoms with van der Waals surface area (Å²) in [7, 11) is 0. The lowest BCUT2D eigenvalue weighted by Crippen LogP contribution is -2.23. The van der Waals surface area contributed by atoms with Crippen LogP contribution in [0.15, 0.2) is 30.3 Å². The highest BCUT2D eigenvalue weighted by Gasteiger charge is 2.30. The summed E-state index contributed by atoms with van der Waals surface area (Å²) in [6, 6.07) is 9.43. The van der Waals surface area contributed by atoms with E-state index in [-0.39, 0.29) is 6.54 Å². The van der Waals surface area contributed by atoms with Crippen molar-refractivity contribution in [3.8, 4) is 0 Å². The van der Waals surface area contributed by atoms with E-state index in [4.69, 9.17) is 0 Å². The molecule has 3 nitrogen and oxygen atoms in total. The number of rotatable bonds is 2. The molecule has 0 N–H and O–H groups in total. The van der Waals surface area contributed by atoms with Crippen LogP contribution < -0.4 is 0 Å². The predicted molar refractivity (Wildman–Crippen MR) is 48.2 cm³/mol. The number of carbonyl (C=O) groups is 1. The second-order valence-electron chi connectivity index (χ2n) is 3.16. The van der Waals surface area contributed by atoms with Crippen molar-refractivity contribution in [3.05, 3.63) is 35.9 Å². The molecule has 1 aromatic carbocycles. The molecule has 0 spiro atoms. The molecule has 1 fully saturated rings. The molecule has 1 atom stereocenters. The van der Waals surface area contributed by atoms with Crippen molar-refractivity contribution in [2.24, 2.45) is 0 Å². The van der Waals surface area contributed by atoms with E-state index >= 15 is 0 Å². The summed E-state index contributed by atoms with van der Waals surface area (Å²) in [5, 5.41) is 0. The molecule has 0 bridgehead atoms. The number of nitrogens with zero attached hydrogens (tertiary/aromatic N) is 1. The van der Waals surface area contributed by atoms with Crippen molar-refractivity contribution in [2.45, 2.75) is 12.9 Å². The van der Waals surface area contributed by atoms with Crippen LogP contribution in [0.25, 0.3) is 0 Å². The molecule has 1 aliphatic rings. The second kappa shape index (κ2) is 3.65. The first-order valence-electron chi connectivity index (χ1n) is 4.39. The fourth-order valence-electron chi connectivity index (χ4n) is 1.40. The van der Waals surface area contributed by atoms with Gasteiger partial charge in [0.15, 0.2) is 0 Å². The maximum atomic E-state index is 12.6. The Kier molecular flexibility index (Phi) is 2.35. The van der Waals surface area contributed by atoms with Crippen molar-refractivity contribution in [1.29, 1.82) is 0 Å². The summed E-state index contributed by atoms with van der Waals surface area (Å²) in [4.78, 5) is 12.4. The minimum Gasteiger partial charge on any atom is -0.413 e. The third kappa shape index (κ3) is 1.84. The fraction of sp³-hybridized carbons (Fsp3) is 0.300. The molecule has 0 saturated carbocycles. The van der Waals surface area contributed by atoms with Crippen LogP contribution >= 0.6 is 0 Å². The van der Waals surface area contributed by atoms with Gasteiger partial charge < -0.3 is 4.74 Å². The van der Waals surface area contributed by atoms with Gasteiger partial charge in [0.05, 0.1) is 6.54 Å². The van der Waals surface area contributed by atoms with E-state index in [1.54, 1.807) is 0 Å². The normalized spacial score (nSPS) is 21.1. The third-order valence-corrected chi connectivity index (χ3v) is 2.07. The number of benzene rings is 1. The van der Waals surface area contributed by atoms with Crippen molar-refractivity contribution in [3.63, 3.8) is 0 Å². The van der Waals surface area contributed by atoms with E-state index in [0.717, 1.165) is 5.56 Å². The lowest BCUT2D eigenvalue weighted by Gasteiger charge is -2.11. The number of hydrogen-bond acceptors (Lipinski definition) is 2. The molecular weight excluding hydrogens is 185 g/mol. The molecule has 1 aromatic rings. The van der Waals surface area contributed by atoms with Gasteiger partial charge in [0, 0.05) is 6.54 Å². The van der Waals surface area contributed by atoms with Gasteiger partial charge in [-0.15, -0.1) is 0 Å². The van der Waals surface area contributed by atoms with Gasteiger partial charge in [0.2, 0.25) is 0 Å². The lowest BCUT2D eigenvalue weighted by molar-refractivity contribution is 0.0574. The maximum absolute atomic E-state index is 12.6. The zero-order valence-electron chi connectivity index (χ0n) is 7.52. The Balaban J connectivity index is 2.02. The number of halogens is 1. The Morgan fingerprint density at radius 2 is 2.14 bits per heavy atom. The zero-order valence-corrected chi connectivity index (χ0v) is 7.52. The first-order chi connectivity index (χ1) is 6.75. The zero-order chi connectivity index (χ0) is 9.97. The molecule has 74 valence electrons. The van der Waals surface area contributed by atoms with Crippen LogP contribution in [0.2, 0.25) is 0 Å². The van der Waals surface area contributed by atoms with Gasteiger partial charge in [-0.1, -0.05) is 30.3 Å². The molecule has 14 heavy (non-hydrogen) atoms. The Hall–Kier alpha value is -1.58. The molecule has 0 aromatic heterocycles. The van der Waals surface area contributed by atoms with Gasteiger partial charge in [-0.25, -0.2) is 4.79 Å². The number of amides is 1. The molecule has 1 aliphatic heterocycles. The predicted octanol–water partition coefficient (Wildman–Crippen LogP) is 1.93. The van der Waals surface area contributed by atoms with Gasteiger partial charge in [-0.3, -0.25) is 4.90 Å². The summed E-state index contributed by atoms with van der Waals surface area (Å²) in [6.45, 7) is 0.424. The molecule has 1 saturated heterocycles. The van der Waals surface area contributed by atoms with E-state index in [1.807, 2.05) is 30.3 Å². The highest BCUT2D eigenvalue weighted by Crippen LogP contribution is 2.15. The summed E-state index contributed by atoms with van der Waals surface area (Å²) < 4.78 is 17.0. The van der Waals surface area contributed by atoms with Crippen molar-refractivity contribution in [2.75, 3.05) is 6.54 Å². The molecule has 1 unspecified atom stereocenters. The third-order valence-electron chi connectivity index (χ3n) is 2.07. The van der Waals surface area contributed by atoms with Crippen LogP contribution in [-0.2, 0) is 11.3 Å². The summed E-state index contributed by atoms with van der Waals surface area (Å²) in [5.41, 5.74) is 0.971. The smallest absolute Gasteiger partial charge is 0.412 e. The van der Waals surface area contributed by atoms with Crippen LogP contribution in [0, 0.1) is 0 Å². The molecule has 1 heterocycles. The fourth-order valence-corrected chi connectivity index (χ4v) is 1.40. The molecule has 0 radical (unpaired) electrons. The Labute approximate surface area is 81.1 Å². The first kappa shape index (κ1) is 8.99. The molecule has 0 aliphatic carbocycles. The summed E-state index contributed by atoms with van der Waals surface area (Å²) in [6.07, 6.45) is -2.06. The monoisotopic (exact) mass is 195 g/mol. The number of ether oxygens (including phenoxy) is 1. The van der Waals surface area contributed by atoms with Crippen LogP contribution in [-0.4, -0.2) is 23.9 Å². The standard InChI is InChI=1S/C10H10FNO2/c11-9-7-12(10(13)14-9)6-8-4-2-1-3-5-8/h1-5,9H,6-7H2. The minimum atomic E-state index is -1.48. The lowest BCUT2D eigenvalue weighted by atomic mass is 10.2. The number of alkyl halides is 1. The van der Waals surface area contributed by atoms with Crippen molar-refractivity contribution < 1.29 is 13.9 Å². The Bertz CT molecular complexity index is 328. The SMILES string of the molecule is O=C1OC(F)CN1Cc1ccccc1. The Morgan fingerprint density at radius 3 is 2.71 bits per heavy atom. The van der Waals surface area contributed by atoms with Crippen LogP contribution in [0.1, 0.15) is 5.56 Å². The minimum absolute atomic E-state index is 0.0216. The number of carbonyl (C=O) groups excluding carboxylic acids is 1. The Morgan fingerprint density at radius 1 is 1.43 bits per heavy atom. The second-order valence-corrected chi connectivity index (χ2v) is 3.16. The highest BCUT2D eigenvalue weighted by atomic mass is 19.1. The van der Waals surface area contributed by atoms with E-state index in [0.29, 0.717) is 6.54 Å². The summed E-state index contributed by atoms with van der Waals surface area (Å²) in [5.74, 6) is 0. The largest absolute Gasteiger partial charge is 0.413 e. The highest BCUT2D eigenvalue weighted by molar-refractivity contribution is 5.69. The van der Waals surface area contributed by atoms with Gasteiger partial charge >= 0.3 is 6.09 Å². The van der Waals surface area contributed by atoms with Crippen molar-refractivity contribution >= 4 is 6.09 Å². The van der Waals surface area contributed by atoms with Crippen LogP contribution in [0.4, 0.5) is 9.18 Å². The molecular formula is C10H10FNO2. The van der Waals surface area contributed by atoms with Crippen LogP contribution in [0.3, 0.4) is 0 Å². The number of hydrogen-bond donors (Lipinski definition) is 0. The van der Waals surface area contributed by atoms with E-state index in [2.05, 4.69) is 4.74 Å². The van der Waals surface area contributed by atoms with E-state index in [1.165, 1.54) is 4.90 Å². The number of cyclic esters (lactones) is 1. The van der Waals surface area contributed by atoms with Crippen LogP contribution in [0.5, 0.6) is 0 Å². The van der Waals surface area contributed by atoms with Gasteiger partial charge in [-0.05, 0) is 5.56 Å². The van der Waals surface area contributed by atoms with Crippen molar-refractivity contribution in [1.82, 2.24) is 4.90 Å².